The minimum absolute atomic E-state index is 0.00681. The SMILES string of the molecule is CSc1ccc(CNC(=O)c2cnc3sc(N4CCC(C)CC4)nn3c2=O)cc1. The maximum Gasteiger partial charge on any atom is 0.288 e. The lowest BCUT2D eigenvalue weighted by molar-refractivity contribution is 0.0948. The molecule has 1 aliphatic rings. The Kier molecular flexibility index (Phi) is 5.86. The number of fused-ring (bicyclic) bond motifs is 1. The van der Waals surface area contributed by atoms with Crippen molar-refractivity contribution in [1.82, 2.24) is 19.9 Å². The van der Waals surface area contributed by atoms with Crippen LogP contribution in [0, 0.1) is 5.92 Å². The molecule has 0 bridgehead atoms. The molecule has 4 rings (SSSR count). The molecule has 0 aliphatic carbocycles. The molecule has 152 valence electrons. The van der Waals surface area contributed by atoms with Gasteiger partial charge in [-0.1, -0.05) is 30.4 Å². The van der Waals surface area contributed by atoms with Gasteiger partial charge < -0.3 is 10.2 Å². The molecule has 1 saturated heterocycles. The maximum atomic E-state index is 12.8. The predicted octanol–water partition coefficient (Wildman–Crippen LogP) is 3.04. The number of nitrogens with one attached hydrogen (secondary N) is 1. The van der Waals surface area contributed by atoms with Gasteiger partial charge in [0.25, 0.3) is 11.5 Å². The molecule has 0 spiro atoms. The van der Waals surface area contributed by atoms with Crippen LogP contribution < -0.4 is 15.8 Å². The van der Waals surface area contributed by atoms with E-state index in [1.54, 1.807) is 11.8 Å². The van der Waals surface area contributed by atoms with Crippen LogP contribution in [-0.4, -0.2) is 39.9 Å². The highest BCUT2D eigenvalue weighted by atomic mass is 32.2. The Morgan fingerprint density at radius 1 is 1.28 bits per heavy atom. The van der Waals surface area contributed by atoms with Crippen molar-refractivity contribution in [3.05, 3.63) is 51.9 Å². The zero-order chi connectivity index (χ0) is 20.4. The summed E-state index contributed by atoms with van der Waals surface area (Å²) in [5, 5.41) is 8.03. The number of aromatic nitrogens is 3. The zero-order valence-corrected chi connectivity index (χ0v) is 18.1. The maximum absolute atomic E-state index is 12.8. The molecule has 1 aliphatic heterocycles. The number of carbonyl (C=O) groups excluding carboxylic acids is 1. The minimum Gasteiger partial charge on any atom is -0.348 e. The van der Waals surface area contributed by atoms with Crippen LogP contribution in [0.15, 0.2) is 40.2 Å². The third kappa shape index (κ3) is 4.30. The predicted molar refractivity (Wildman–Crippen MR) is 117 cm³/mol. The van der Waals surface area contributed by atoms with Crippen molar-refractivity contribution < 1.29 is 4.79 Å². The molecule has 9 heteroatoms. The Labute approximate surface area is 177 Å². The molecule has 0 radical (unpaired) electrons. The van der Waals surface area contributed by atoms with Crippen LogP contribution in [0.5, 0.6) is 0 Å². The molecule has 1 fully saturated rings. The van der Waals surface area contributed by atoms with Gasteiger partial charge in [-0.15, -0.1) is 16.9 Å². The zero-order valence-electron chi connectivity index (χ0n) is 16.4. The Bertz CT molecular complexity index is 1070. The first-order valence-electron chi connectivity index (χ1n) is 9.60. The third-order valence-electron chi connectivity index (χ3n) is 5.19. The quantitative estimate of drug-likeness (QED) is 0.628. The number of piperidine rings is 1. The van der Waals surface area contributed by atoms with E-state index in [2.05, 4.69) is 27.2 Å². The second kappa shape index (κ2) is 8.54. The van der Waals surface area contributed by atoms with Gasteiger partial charge in [0.15, 0.2) is 0 Å². The van der Waals surface area contributed by atoms with E-state index in [1.165, 1.54) is 22.0 Å². The van der Waals surface area contributed by atoms with Gasteiger partial charge in [-0.25, -0.2) is 4.98 Å². The third-order valence-corrected chi connectivity index (χ3v) is 6.91. The van der Waals surface area contributed by atoms with Crippen molar-refractivity contribution in [3.8, 4) is 0 Å². The van der Waals surface area contributed by atoms with Gasteiger partial charge in [0.05, 0.1) is 0 Å². The van der Waals surface area contributed by atoms with Crippen LogP contribution in [0.1, 0.15) is 35.7 Å². The van der Waals surface area contributed by atoms with Crippen molar-refractivity contribution in [3.63, 3.8) is 0 Å². The second-order valence-corrected chi connectivity index (χ2v) is 9.07. The van der Waals surface area contributed by atoms with E-state index < -0.39 is 11.5 Å². The first kappa shape index (κ1) is 19.9. The highest BCUT2D eigenvalue weighted by molar-refractivity contribution is 7.98. The lowest BCUT2D eigenvalue weighted by Crippen LogP contribution is -2.33. The van der Waals surface area contributed by atoms with Gasteiger partial charge in [0.1, 0.15) is 5.56 Å². The number of benzene rings is 1. The van der Waals surface area contributed by atoms with Gasteiger partial charge in [0.2, 0.25) is 10.1 Å². The molecular formula is C20H23N5O2S2. The van der Waals surface area contributed by atoms with E-state index >= 15 is 0 Å². The fourth-order valence-corrected chi connectivity index (χ4v) is 4.60. The first-order valence-corrected chi connectivity index (χ1v) is 11.6. The van der Waals surface area contributed by atoms with Crippen molar-refractivity contribution in [2.45, 2.75) is 31.2 Å². The minimum atomic E-state index is -0.438. The van der Waals surface area contributed by atoms with Crippen molar-refractivity contribution >= 4 is 39.1 Å². The Balaban J connectivity index is 1.50. The van der Waals surface area contributed by atoms with Crippen molar-refractivity contribution in [2.75, 3.05) is 24.2 Å². The van der Waals surface area contributed by atoms with E-state index in [0.717, 1.165) is 41.5 Å². The molecule has 0 saturated carbocycles. The van der Waals surface area contributed by atoms with E-state index in [4.69, 9.17) is 0 Å². The molecule has 3 aromatic rings. The van der Waals surface area contributed by atoms with Crippen LogP contribution in [-0.2, 0) is 6.54 Å². The molecule has 0 unspecified atom stereocenters. The smallest absolute Gasteiger partial charge is 0.288 e. The summed E-state index contributed by atoms with van der Waals surface area (Å²) in [6.45, 7) is 4.46. The summed E-state index contributed by atoms with van der Waals surface area (Å²) in [5.74, 6) is 0.279. The number of hydrogen-bond acceptors (Lipinski definition) is 7. The molecule has 1 aromatic carbocycles. The molecule has 7 nitrogen and oxygen atoms in total. The van der Waals surface area contributed by atoms with Crippen LogP contribution in [0.25, 0.3) is 4.96 Å². The molecular weight excluding hydrogens is 406 g/mol. The Morgan fingerprint density at radius 2 is 2.00 bits per heavy atom. The summed E-state index contributed by atoms with van der Waals surface area (Å²) in [4.78, 5) is 33.5. The summed E-state index contributed by atoms with van der Waals surface area (Å²) < 4.78 is 1.25. The van der Waals surface area contributed by atoms with Crippen LogP contribution in [0.3, 0.4) is 0 Å². The number of rotatable bonds is 5. The van der Waals surface area contributed by atoms with Gasteiger partial charge in [-0.2, -0.15) is 4.52 Å². The van der Waals surface area contributed by atoms with Crippen molar-refractivity contribution in [2.24, 2.45) is 5.92 Å². The molecule has 1 amide bonds. The largest absolute Gasteiger partial charge is 0.348 e. The van der Waals surface area contributed by atoms with Crippen LogP contribution in [0.2, 0.25) is 0 Å². The normalized spacial score (nSPS) is 15.0. The Morgan fingerprint density at radius 3 is 2.69 bits per heavy atom. The summed E-state index contributed by atoms with van der Waals surface area (Å²) in [6.07, 6.45) is 5.60. The fraction of sp³-hybridized carbons (Fsp3) is 0.400. The number of carbonyl (C=O) groups is 1. The molecule has 0 atom stereocenters. The summed E-state index contributed by atoms with van der Waals surface area (Å²) in [5.41, 5.74) is 0.547. The highest BCUT2D eigenvalue weighted by Gasteiger charge is 2.21. The van der Waals surface area contributed by atoms with E-state index in [-0.39, 0.29) is 5.56 Å². The lowest BCUT2D eigenvalue weighted by Gasteiger charge is -2.29. The molecule has 3 heterocycles. The summed E-state index contributed by atoms with van der Waals surface area (Å²) >= 11 is 3.05. The van der Waals surface area contributed by atoms with Gasteiger partial charge in [-0.05, 0) is 42.7 Å². The Hall–Kier alpha value is -2.39. The number of amides is 1. The van der Waals surface area contributed by atoms with E-state index in [0.29, 0.717) is 17.4 Å². The van der Waals surface area contributed by atoms with E-state index in [1.807, 2.05) is 30.5 Å². The number of nitrogens with zero attached hydrogens (tertiary/aromatic N) is 4. The second-order valence-electron chi connectivity index (χ2n) is 7.26. The van der Waals surface area contributed by atoms with Gasteiger partial charge in [-0.3, -0.25) is 9.59 Å². The molecule has 29 heavy (non-hydrogen) atoms. The number of hydrogen-bond donors (Lipinski definition) is 1. The average Bonchev–Trinajstić information content (AvgIpc) is 3.18. The van der Waals surface area contributed by atoms with Crippen LogP contribution >= 0.6 is 23.1 Å². The molecule has 1 N–H and O–H groups in total. The van der Waals surface area contributed by atoms with Crippen LogP contribution in [0.4, 0.5) is 5.13 Å². The number of anilines is 1. The van der Waals surface area contributed by atoms with Crippen molar-refractivity contribution in [1.29, 1.82) is 0 Å². The average molecular weight is 430 g/mol. The fourth-order valence-electron chi connectivity index (χ4n) is 3.28. The molecule has 2 aromatic heterocycles. The van der Waals surface area contributed by atoms with E-state index in [9.17, 15) is 9.59 Å². The monoisotopic (exact) mass is 429 g/mol. The summed E-state index contributed by atoms with van der Waals surface area (Å²) in [7, 11) is 0. The summed E-state index contributed by atoms with van der Waals surface area (Å²) in [6, 6.07) is 7.94. The lowest BCUT2D eigenvalue weighted by atomic mass is 10.00. The van der Waals surface area contributed by atoms with Gasteiger partial charge >= 0.3 is 0 Å². The highest BCUT2D eigenvalue weighted by Crippen LogP contribution is 2.26. The first-order chi connectivity index (χ1) is 14.0. The topological polar surface area (TPSA) is 79.6 Å². The van der Waals surface area contributed by atoms with Gasteiger partial charge in [0, 0.05) is 30.7 Å². The standard InChI is InChI=1S/C20H23N5O2S2/c1-13-7-9-24(10-8-13)20-23-25-18(27)16(12-22-19(25)29-20)17(26)21-11-14-3-5-15(28-2)6-4-14/h3-6,12-13H,7-11H2,1-2H3,(H,21,26). The number of thioether (sulfide) groups is 1.